The van der Waals surface area contributed by atoms with Gasteiger partial charge in [0.25, 0.3) is 0 Å². The van der Waals surface area contributed by atoms with Crippen molar-refractivity contribution in [2.75, 3.05) is 32.7 Å². The molecule has 2 aliphatic heterocycles. The van der Waals surface area contributed by atoms with Gasteiger partial charge in [-0.3, -0.25) is 4.99 Å². The van der Waals surface area contributed by atoms with Crippen molar-refractivity contribution in [3.05, 3.63) is 77.9 Å². The summed E-state index contributed by atoms with van der Waals surface area (Å²) in [5.74, 6) is -0.250. The lowest BCUT2D eigenvalue weighted by atomic mass is 9.90. The minimum absolute atomic E-state index is 0.319. The van der Waals surface area contributed by atoms with Gasteiger partial charge in [-0.2, -0.15) is 0 Å². The van der Waals surface area contributed by atoms with Crippen LogP contribution in [0.4, 0.5) is 4.39 Å². The number of halogens is 1. The number of hydrogen-bond donors (Lipinski definition) is 1. The molecule has 2 aromatic carbocycles. The summed E-state index contributed by atoms with van der Waals surface area (Å²) < 4.78 is 43.0. The fourth-order valence-corrected chi connectivity index (χ4v) is 6.26. The maximum Gasteiger partial charge on any atom is 0.244 e. The van der Waals surface area contributed by atoms with Crippen molar-refractivity contribution in [2.45, 2.75) is 44.0 Å². The van der Waals surface area contributed by atoms with E-state index in [1.165, 1.54) is 30.0 Å². The van der Waals surface area contributed by atoms with Crippen molar-refractivity contribution in [3.63, 3.8) is 0 Å². The van der Waals surface area contributed by atoms with Crippen LogP contribution in [0.3, 0.4) is 0 Å². The zero-order valence-corrected chi connectivity index (χ0v) is 21.3. The Balaban J connectivity index is 1.39. The number of hydrogen-bond acceptors (Lipinski definition) is 5. The highest BCUT2D eigenvalue weighted by Gasteiger charge is 2.28. The standard InChI is InChI=1S/C27H35FN4O2S/c1-3-31-19-21(2)29-26(20-31)23-13-16-32(17-14-23)18-15-25(22-9-5-4-6-10-22)30-35(33,34)27-12-8-7-11-24(27)28/h4-12,19,23,25,30H,3,13-18,20H2,1-2H3/t25-/m1/s1. The number of nitrogens with zero attached hydrogens (tertiary/aromatic N) is 3. The van der Waals surface area contributed by atoms with Crippen LogP contribution in [0.25, 0.3) is 0 Å². The topological polar surface area (TPSA) is 65.0 Å². The molecule has 188 valence electrons. The SMILES string of the molecule is CCN1C=C(C)N=C(C2CCN(CC[C@@H](NS(=O)(=O)c3ccccc3F)c3ccccc3)CC2)C1. The first-order chi connectivity index (χ1) is 16.9. The minimum Gasteiger partial charge on any atom is -0.371 e. The van der Waals surface area contributed by atoms with Crippen molar-refractivity contribution in [1.29, 1.82) is 0 Å². The molecule has 1 atom stereocenters. The van der Waals surface area contributed by atoms with E-state index in [4.69, 9.17) is 4.99 Å². The molecular formula is C27H35FN4O2S. The van der Waals surface area contributed by atoms with Gasteiger partial charge in [0, 0.05) is 30.4 Å². The first kappa shape index (κ1) is 25.5. The van der Waals surface area contributed by atoms with Crippen molar-refractivity contribution >= 4 is 15.7 Å². The largest absolute Gasteiger partial charge is 0.371 e. The maximum absolute atomic E-state index is 14.2. The van der Waals surface area contributed by atoms with Gasteiger partial charge in [-0.05, 0) is 70.4 Å². The summed E-state index contributed by atoms with van der Waals surface area (Å²) >= 11 is 0. The molecule has 0 radical (unpaired) electrons. The Morgan fingerprint density at radius 1 is 1.09 bits per heavy atom. The van der Waals surface area contributed by atoms with Gasteiger partial charge in [-0.15, -0.1) is 0 Å². The van der Waals surface area contributed by atoms with Crippen LogP contribution in [0.1, 0.15) is 44.7 Å². The average Bonchev–Trinajstić information content (AvgIpc) is 2.87. The fraction of sp³-hybridized carbons (Fsp3) is 0.444. The third-order valence-electron chi connectivity index (χ3n) is 6.88. The van der Waals surface area contributed by atoms with Crippen LogP contribution in [0, 0.1) is 11.7 Å². The molecule has 8 heteroatoms. The van der Waals surface area contributed by atoms with E-state index in [1.807, 2.05) is 30.3 Å². The second-order valence-corrected chi connectivity index (χ2v) is 11.0. The van der Waals surface area contributed by atoms with Gasteiger partial charge in [0.2, 0.25) is 10.0 Å². The number of allylic oxidation sites excluding steroid dienone is 1. The van der Waals surface area contributed by atoms with Gasteiger partial charge in [0.1, 0.15) is 10.7 Å². The Morgan fingerprint density at radius 2 is 1.77 bits per heavy atom. The van der Waals surface area contributed by atoms with Crippen LogP contribution >= 0.6 is 0 Å². The Kier molecular flexibility index (Phi) is 8.36. The third kappa shape index (κ3) is 6.57. The molecule has 0 bridgehead atoms. The predicted molar refractivity (Wildman–Crippen MR) is 138 cm³/mol. The lowest BCUT2D eigenvalue weighted by Crippen LogP contribution is -2.41. The highest BCUT2D eigenvalue weighted by Crippen LogP contribution is 2.26. The number of benzene rings is 2. The van der Waals surface area contributed by atoms with E-state index >= 15 is 0 Å². The summed E-state index contributed by atoms with van der Waals surface area (Å²) in [7, 11) is -4.00. The molecule has 1 fully saturated rings. The van der Waals surface area contributed by atoms with Gasteiger partial charge in [0.15, 0.2) is 0 Å². The van der Waals surface area contributed by atoms with E-state index < -0.39 is 21.9 Å². The van der Waals surface area contributed by atoms with E-state index in [1.54, 1.807) is 0 Å². The molecule has 0 amide bonds. The van der Waals surface area contributed by atoms with Crippen molar-refractivity contribution in [2.24, 2.45) is 10.9 Å². The van der Waals surface area contributed by atoms with Crippen LogP contribution < -0.4 is 4.72 Å². The van der Waals surface area contributed by atoms with Crippen molar-refractivity contribution in [3.8, 4) is 0 Å². The molecule has 2 aliphatic rings. The van der Waals surface area contributed by atoms with Gasteiger partial charge in [0.05, 0.1) is 12.2 Å². The number of sulfonamides is 1. The van der Waals surface area contributed by atoms with E-state index in [2.05, 4.69) is 34.6 Å². The summed E-state index contributed by atoms with van der Waals surface area (Å²) in [5, 5.41) is 0. The first-order valence-corrected chi connectivity index (χ1v) is 13.9. The normalized spacial score (nSPS) is 18.8. The molecule has 0 saturated carbocycles. The smallest absolute Gasteiger partial charge is 0.244 e. The minimum atomic E-state index is -4.00. The second-order valence-electron chi connectivity index (χ2n) is 9.36. The second kappa shape index (κ2) is 11.5. The van der Waals surface area contributed by atoms with E-state index in [0.29, 0.717) is 12.3 Å². The monoisotopic (exact) mass is 498 g/mol. The highest BCUT2D eigenvalue weighted by molar-refractivity contribution is 7.89. The molecule has 0 aliphatic carbocycles. The number of nitrogens with one attached hydrogen (secondary N) is 1. The summed E-state index contributed by atoms with van der Waals surface area (Å²) in [6.07, 6.45) is 4.85. The van der Waals surface area contributed by atoms with E-state index in [0.717, 1.165) is 56.8 Å². The third-order valence-corrected chi connectivity index (χ3v) is 8.38. The van der Waals surface area contributed by atoms with Gasteiger partial charge >= 0.3 is 0 Å². The van der Waals surface area contributed by atoms with Crippen LogP contribution in [0.2, 0.25) is 0 Å². The van der Waals surface area contributed by atoms with Gasteiger partial charge in [-0.25, -0.2) is 17.5 Å². The summed E-state index contributed by atoms with van der Waals surface area (Å²) in [6.45, 7) is 8.80. The molecule has 35 heavy (non-hydrogen) atoms. The highest BCUT2D eigenvalue weighted by atomic mass is 32.2. The summed E-state index contributed by atoms with van der Waals surface area (Å²) in [6, 6.07) is 14.6. The maximum atomic E-state index is 14.2. The molecule has 0 unspecified atom stereocenters. The average molecular weight is 499 g/mol. The van der Waals surface area contributed by atoms with Gasteiger partial charge < -0.3 is 9.80 Å². The first-order valence-electron chi connectivity index (χ1n) is 12.4. The van der Waals surface area contributed by atoms with Crippen LogP contribution in [0.5, 0.6) is 0 Å². The predicted octanol–water partition coefficient (Wildman–Crippen LogP) is 4.59. The van der Waals surface area contributed by atoms with Crippen molar-refractivity contribution < 1.29 is 12.8 Å². The Morgan fingerprint density at radius 3 is 2.46 bits per heavy atom. The van der Waals surface area contributed by atoms with Crippen LogP contribution in [0.15, 0.2) is 76.4 Å². The molecule has 4 rings (SSSR count). The summed E-state index contributed by atoms with van der Waals surface area (Å²) in [4.78, 5) is 9.22. The molecule has 2 heterocycles. The van der Waals surface area contributed by atoms with Crippen LogP contribution in [-0.2, 0) is 10.0 Å². The molecular weight excluding hydrogens is 463 g/mol. The van der Waals surface area contributed by atoms with Gasteiger partial charge in [-0.1, -0.05) is 42.5 Å². The van der Waals surface area contributed by atoms with Crippen LogP contribution in [-0.4, -0.2) is 56.7 Å². The van der Waals surface area contributed by atoms with E-state index in [9.17, 15) is 12.8 Å². The number of aliphatic imine (C=N–C) groups is 1. The summed E-state index contributed by atoms with van der Waals surface area (Å²) in [5.41, 5.74) is 3.23. The zero-order chi connectivity index (χ0) is 24.8. The molecule has 0 aromatic heterocycles. The lowest BCUT2D eigenvalue weighted by Gasteiger charge is -2.35. The molecule has 1 N–H and O–H groups in total. The lowest BCUT2D eigenvalue weighted by molar-refractivity contribution is 0.200. The number of rotatable bonds is 9. The quantitative estimate of drug-likeness (QED) is 0.550. The number of likely N-dealkylation sites (tertiary alicyclic amines) is 1. The Hall–Kier alpha value is -2.55. The molecule has 2 aromatic rings. The Labute approximate surface area is 208 Å². The fourth-order valence-electron chi connectivity index (χ4n) is 4.93. The molecule has 0 spiro atoms. The molecule has 6 nitrogen and oxygen atoms in total. The molecule has 1 saturated heterocycles. The zero-order valence-electron chi connectivity index (χ0n) is 20.5. The number of piperidine rings is 1. The Bertz CT molecular complexity index is 1160. The van der Waals surface area contributed by atoms with Crippen molar-refractivity contribution in [1.82, 2.24) is 14.5 Å². The van der Waals surface area contributed by atoms with E-state index in [-0.39, 0.29) is 4.90 Å².